The molecular formula is C11H19N3O4. The molecule has 2 aliphatic rings. The van der Waals surface area contributed by atoms with Gasteiger partial charge >= 0.3 is 12.0 Å². The molecule has 102 valence electrons. The Morgan fingerprint density at radius 1 is 1.22 bits per heavy atom. The zero-order valence-corrected chi connectivity index (χ0v) is 10.3. The smallest absolute Gasteiger partial charge is 0.329 e. The van der Waals surface area contributed by atoms with Crippen LogP contribution in [0.15, 0.2) is 0 Å². The maximum absolute atomic E-state index is 12.1. The van der Waals surface area contributed by atoms with Gasteiger partial charge in [-0.05, 0) is 0 Å². The highest BCUT2D eigenvalue weighted by Crippen LogP contribution is 2.21. The molecule has 3 N–H and O–H groups in total. The average Bonchev–Trinajstić information content (AvgIpc) is 2.40. The molecule has 2 rings (SSSR count). The molecule has 0 aromatic heterocycles. The zero-order chi connectivity index (χ0) is 13.0. The van der Waals surface area contributed by atoms with E-state index in [1.54, 1.807) is 4.90 Å². The molecule has 2 aliphatic heterocycles. The Bertz CT molecular complexity index is 322. The van der Waals surface area contributed by atoms with Gasteiger partial charge < -0.3 is 25.4 Å². The third-order valence-electron chi connectivity index (χ3n) is 3.51. The first-order valence-electron chi connectivity index (χ1n) is 6.23. The van der Waals surface area contributed by atoms with Crippen molar-refractivity contribution in [2.45, 2.75) is 18.4 Å². The summed E-state index contributed by atoms with van der Waals surface area (Å²) in [6.45, 7) is 3.45. The topological polar surface area (TPSA) is 90.9 Å². The van der Waals surface area contributed by atoms with Gasteiger partial charge in [-0.2, -0.15) is 0 Å². The monoisotopic (exact) mass is 257 g/mol. The van der Waals surface area contributed by atoms with E-state index in [9.17, 15) is 14.7 Å². The van der Waals surface area contributed by atoms with Crippen LogP contribution >= 0.6 is 0 Å². The Morgan fingerprint density at radius 2 is 1.83 bits per heavy atom. The van der Waals surface area contributed by atoms with Crippen LogP contribution in [0.1, 0.15) is 12.8 Å². The molecule has 0 atom stereocenters. The van der Waals surface area contributed by atoms with E-state index in [1.807, 2.05) is 0 Å². The molecular weight excluding hydrogens is 238 g/mol. The van der Waals surface area contributed by atoms with Crippen LogP contribution in [0, 0.1) is 0 Å². The summed E-state index contributed by atoms with van der Waals surface area (Å²) in [6.07, 6.45) is 0.639. The molecule has 18 heavy (non-hydrogen) atoms. The minimum atomic E-state index is -1.17. The molecule has 0 aromatic carbocycles. The summed E-state index contributed by atoms with van der Waals surface area (Å²) in [4.78, 5) is 25.1. The molecule has 0 spiro atoms. The van der Waals surface area contributed by atoms with Crippen molar-refractivity contribution in [1.82, 2.24) is 15.5 Å². The predicted octanol–water partition coefficient (Wildman–Crippen LogP) is -0.765. The van der Waals surface area contributed by atoms with E-state index in [1.165, 1.54) is 0 Å². The molecule has 0 bridgehead atoms. The molecule has 2 heterocycles. The number of urea groups is 1. The van der Waals surface area contributed by atoms with Crippen molar-refractivity contribution < 1.29 is 19.4 Å². The number of amides is 2. The predicted molar refractivity (Wildman–Crippen MR) is 63.4 cm³/mol. The molecule has 2 saturated heterocycles. The third kappa shape index (κ3) is 2.73. The van der Waals surface area contributed by atoms with E-state index >= 15 is 0 Å². The Kier molecular flexibility index (Phi) is 4.03. The van der Waals surface area contributed by atoms with Crippen molar-refractivity contribution in [2.75, 3.05) is 39.4 Å². The van der Waals surface area contributed by atoms with Crippen LogP contribution in [0.5, 0.6) is 0 Å². The van der Waals surface area contributed by atoms with E-state index in [2.05, 4.69) is 10.6 Å². The van der Waals surface area contributed by atoms with Gasteiger partial charge in [0.25, 0.3) is 0 Å². The largest absolute Gasteiger partial charge is 0.480 e. The van der Waals surface area contributed by atoms with Crippen LogP contribution in [0.4, 0.5) is 4.79 Å². The van der Waals surface area contributed by atoms with Crippen LogP contribution in [0.25, 0.3) is 0 Å². The summed E-state index contributed by atoms with van der Waals surface area (Å²) < 4.78 is 5.16. The second-order valence-corrected chi connectivity index (χ2v) is 4.67. The van der Waals surface area contributed by atoms with Crippen LogP contribution in [-0.4, -0.2) is 66.9 Å². The summed E-state index contributed by atoms with van der Waals surface area (Å²) in [7, 11) is 0. The number of nitrogens with zero attached hydrogens (tertiary/aromatic N) is 1. The SMILES string of the molecule is O=C(NC1(C(=O)O)CCOCC1)N1CCNCC1. The van der Waals surface area contributed by atoms with Gasteiger partial charge in [0.15, 0.2) is 0 Å². The lowest BCUT2D eigenvalue weighted by molar-refractivity contribution is -0.148. The number of aliphatic carboxylic acids is 1. The summed E-state index contributed by atoms with van der Waals surface area (Å²) >= 11 is 0. The zero-order valence-electron chi connectivity index (χ0n) is 10.3. The first kappa shape index (κ1) is 13.1. The van der Waals surface area contributed by atoms with Crippen molar-refractivity contribution in [3.8, 4) is 0 Å². The normalized spacial score (nSPS) is 23.4. The molecule has 0 aromatic rings. The van der Waals surface area contributed by atoms with Crippen molar-refractivity contribution in [2.24, 2.45) is 0 Å². The lowest BCUT2D eigenvalue weighted by Gasteiger charge is -2.37. The average molecular weight is 257 g/mol. The fourth-order valence-corrected chi connectivity index (χ4v) is 2.26. The molecule has 0 radical (unpaired) electrons. The van der Waals surface area contributed by atoms with Gasteiger partial charge in [-0.1, -0.05) is 0 Å². The number of carbonyl (C=O) groups is 2. The van der Waals surface area contributed by atoms with Crippen molar-refractivity contribution in [3.63, 3.8) is 0 Å². The maximum Gasteiger partial charge on any atom is 0.329 e. The first-order valence-corrected chi connectivity index (χ1v) is 6.23. The minimum Gasteiger partial charge on any atom is -0.480 e. The molecule has 0 saturated carbocycles. The Hall–Kier alpha value is -1.34. The lowest BCUT2D eigenvalue weighted by Crippen LogP contribution is -2.61. The molecule has 0 unspecified atom stereocenters. The molecule has 7 heteroatoms. The summed E-state index contributed by atoms with van der Waals surface area (Å²) in [6, 6.07) is -0.291. The maximum atomic E-state index is 12.1. The van der Waals surface area contributed by atoms with Crippen LogP contribution in [-0.2, 0) is 9.53 Å². The molecule has 2 fully saturated rings. The second-order valence-electron chi connectivity index (χ2n) is 4.67. The number of hydrogen-bond donors (Lipinski definition) is 3. The van der Waals surface area contributed by atoms with E-state index in [4.69, 9.17) is 4.74 Å². The lowest BCUT2D eigenvalue weighted by atomic mass is 9.90. The highest BCUT2D eigenvalue weighted by Gasteiger charge is 2.42. The fourth-order valence-electron chi connectivity index (χ4n) is 2.26. The number of piperazine rings is 1. The molecule has 2 amide bonds. The highest BCUT2D eigenvalue weighted by molar-refractivity contribution is 5.86. The van der Waals surface area contributed by atoms with Crippen LogP contribution in [0.2, 0.25) is 0 Å². The fraction of sp³-hybridized carbons (Fsp3) is 0.818. The summed E-state index contributed by atoms with van der Waals surface area (Å²) in [5, 5.41) is 15.2. The van der Waals surface area contributed by atoms with Gasteiger partial charge in [-0.15, -0.1) is 0 Å². The third-order valence-corrected chi connectivity index (χ3v) is 3.51. The second kappa shape index (κ2) is 5.53. The number of ether oxygens (including phenoxy) is 1. The standard InChI is InChI=1S/C11H19N3O4/c15-9(16)11(1-7-18-8-2-11)13-10(17)14-5-3-12-4-6-14/h12H,1-8H2,(H,13,17)(H,15,16). The van der Waals surface area contributed by atoms with Gasteiger partial charge in [0.1, 0.15) is 5.54 Å². The van der Waals surface area contributed by atoms with Gasteiger partial charge in [-0.3, -0.25) is 0 Å². The number of carbonyl (C=O) groups excluding carboxylic acids is 1. The summed E-state index contributed by atoms with van der Waals surface area (Å²) in [5.74, 6) is -0.978. The molecule has 0 aliphatic carbocycles. The Labute approximate surface area is 105 Å². The minimum absolute atomic E-state index is 0.291. The highest BCUT2D eigenvalue weighted by atomic mass is 16.5. The van der Waals surface area contributed by atoms with E-state index < -0.39 is 11.5 Å². The van der Waals surface area contributed by atoms with Crippen molar-refractivity contribution in [3.05, 3.63) is 0 Å². The molecule has 7 nitrogen and oxygen atoms in total. The van der Waals surface area contributed by atoms with E-state index in [-0.39, 0.29) is 6.03 Å². The van der Waals surface area contributed by atoms with Crippen molar-refractivity contribution >= 4 is 12.0 Å². The first-order chi connectivity index (χ1) is 8.64. The number of hydrogen-bond acceptors (Lipinski definition) is 4. The van der Waals surface area contributed by atoms with E-state index in [0.29, 0.717) is 39.1 Å². The van der Waals surface area contributed by atoms with E-state index in [0.717, 1.165) is 13.1 Å². The Balaban J connectivity index is 1.99. The number of carboxylic acids is 1. The van der Waals surface area contributed by atoms with Gasteiger partial charge in [0, 0.05) is 52.2 Å². The van der Waals surface area contributed by atoms with Crippen LogP contribution in [0.3, 0.4) is 0 Å². The number of carboxylic acid groups (broad SMARTS) is 1. The summed E-state index contributed by atoms with van der Waals surface area (Å²) in [5.41, 5.74) is -1.17. The van der Waals surface area contributed by atoms with Crippen molar-refractivity contribution in [1.29, 1.82) is 0 Å². The van der Waals surface area contributed by atoms with Gasteiger partial charge in [0.05, 0.1) is 0 Å². The number of rotatable bonds is 2. The Morgan fingerprint density at radius 3 is 2.39 bits per heavy atom. The van der Waals surface area contributed by atoms with Gasteiger partial charge in [-0.25, -0.2) is 9.59 Å². The quantitative estimate of drug-likeness (QED) is 0.604. The number of nitrogens with one attached hydrogen (secondary N) is 2. The van der Waals surface area contributed by atoms with Gasteiger partial charge in [0.2, 0.25) is 0 Å². The van der Waals surface area contributed by atoms with Crippen LogP contribution < -0.4 is 10.6 Å².